The third-order valence-electron chi connectivity index (χ3n) is 2.53. The lowest BCUT2D eigenvalue weighted by Crippen LogP contribution is -2.19. The van der Waals surface area contributed by atoms with Gasteiger partial charge in [-0.05, 0) is 26.2 Å². The van der Waals surface area contributed by atoms with Crippen LogP contribution < -0.4 is 5.73 Å². The Balaban J connectivity index is 2.44. The Labute approximate surface area is 93.5 Å². The van der Waals surface area contributed by atoms with Gasteiger partial charge in [-0.25, -0.2) is 9.37 Å². The van der Waals surface area contributed by atoms with Crippen LogP contribution in [0.1, 0.15) is 0 Å². The first-order valence-electron chi connectivity index (χ1n) is 5.14. The third kappa shape index (κ3) is 1.86. The summed E-state index contributed by atoms with van der Waals surface area (Å²) in [5, 5.41) is 0. The number of rotatable bonds is 3. The molecule has 4 nitrogen and oxygen atoms in total. The molecule has 0 aliphatic carbocycles. The van der Waals surface area contributed by atoms with Crippen LogP contribution in [-0.2, 0) is 6.54 Å². The van der Waals surface area contributed by atoms with Gasteiger partial charge in [0.15, 0.2) is 5.82 Å². The van der Waals surface area contributed by atoms with E-state index in [1.165, 1.54) is 6.07 Å². The van der Waals surface area contributed by atoms with Gasteiger partial charge in [0.05, 0.1) is 5.52 Å². The number of anilines is 1. The van der Waals surface area contributed by atoms with Gasteiger partial charge in [0, 0.05) is 13.1 Å². The van der Waals surface area contributed by atoms with Gasteiger partial charge in [0.2, 0.25) is 5.95 Å². The summed E-state index contributed by atoms with van der Waals surface area (Å²) in [5.41, 5.74) is 6.87. The number of imidazole rings is 1. The van der Waals surface area contributed by atoms with E-state index in [0.717, 1.165) is 12.1 Å². The zero-order valence-corrected chi connectivity index (χ0v) is 9.44. The zero-order valence-electron chi connectivity index (χ0n) is 9.44. The highest BCUT2D eigenvalue weighted by Crippen LogP contribution is 2.20. The molecule has 2 N–H and O–H groups in total. The van der Waals surface area contributed by atoms with E-state index >= 15 is 0 Å². The summed E-state index contributed by atoms with van der Waals surface area (Å²) in [6, 6.07) is 4.90. The number of nitrogens with zero attached hydrogens (tertiary/aromatic N) is 3. The van der Waals surface area contributed by atoms with E-state index in [4.69, 9.17) is 5.73 Å². The minimum atomic E-state index is -0.326. The smallest absolute Gasteiger partial charge is 0.201 e. The summed E-state index contributed by atoms with van der Waals surface area (Å²) in [5.74, 6) is 0.0368. The van der Waals surface area contributed by atoms with Crippen LogP contribution in [0.3, 0.4) is 0 Å². The van der Waals surface area contributed by atoms with Crippen molar-refractivity contribution in [3.63, 3.8) is 0 Å². The highest BCUT2D eigenvalue weighted by atomic mass is 19.1. The summed E-state index contributed by atoms with van der Waals surface area (Å²) in [4.78, 5) is 6.08. The van der Waals surface area contributed by atoms with Gasteiger partial charge in [-0.3, -0.25) is 0 Å². The van der Waals surface area contributed by atoms with Crippen LogP contribution >= 0.6 is 0 Å². The summed E-state index contributed by atoms with van der Waals surface area (Å²) in [6.07, 6.45) is 0. The second-order valence-electron chi connectivity index (χ2n) is 4.03. The predicted octanol–water partition coefficient (Wildman–Crippen LogP) is 1.32. The SMILES string of the molecule is CN(C)CCn1c(N)nc2c(F)cccc21. The van der Waals surface area contributed by atoms with E-state index in [1.807, 2.05) is 29.6 Å². The first-order valence-corrected chi connectivity index (χ1v) is 5.14. The number of aromatic nitrogens is 2. The third-order valence-corrected chi connectivity index (χ3v) is 2.53. The lowest BCUT2D eigenvalue weighted by molar-refractivity contribution is 0.387. The van der Waals surface area contributed by atoms with E-state index in [1.54, 1.807) is 6.07 Å². The molecular weight excluding hydrogens is 207 g/mol. The molecule has 2 rings (SSSR count). The molecule has 5 heteroatoms. The van der Waals surface area contributed by atoms with Gasteiger partial charge in [-0.2, -0.15) is 0 Å². The lowest BCUT2D eigenvalue weighted by Gasteiger charge is -2.11. The Hall–Kier alpha value is -1.62. The highest BCUT2D eigenvalue weighted by Gasteiger charge is 2.10. The second kappa shape index (κ2) is 4.09. The predicted molar refractivity (Wildman–Crippen MR) is 62.7 cm³/mol. The molecule has 0 amide bonds. The molecule has 0 saturated heterocycles. The lowest BCUT2D eigenvalue weighted by atomic mass is 10.3. The second-order valence-corrected chi connectivity index (χ2v) is 4.03. The van der Waals surface area contributed by atoms with Gasteiger partial charge < -0.3 is 15.2 Å². The van der Waals surface area contributed by atoms with Crippen molar-refractivity contribution < 1.29 is 4.39 Å². The van der Waals surface area contributed by atoms with Crippen LogP contribution in [0, 0.1) is 5.82 Å². The molecule has 1 heterocycles. The van der Waals surface area contributed by atoms with Crippen molar-refractivity contribution in [2.45, 2.75) is 6.54 Å². The molecule has 0 atom stereocenters. The maximum Gasteiger partial charge on any atom is 0.201 e. The molecule has 2 aromatic rings. The van der Waals surface area contributed by atoms with Gasteiger partial charge in [0.25, 0.3) is 0 Å². The van der Waals surface area contributed by atoms with Gasteiger partial charge >= 0.3 is 0 Å². The molecule has 0 spiro atoms. The van der Waals surface area contributed by atoms with Crippen molar-refractivity contribution in [1.29, 1.82) is 0 Å². The molecule has 0 radical (unpaired) electrons. The van der Waals surface area contributed by atoms with Crippen LogP contribution in [0.15, 0.2) is 18.2 Å². The first-order chi connectivity index (χ1) is 7.59. The fraction of sp³-hybridized carbons (Fsp3) is 0.364. The standard InChI is InChI=1S/C11H15FN4/c1-15(2)6-7-16-9-5-3-4-8(12)10(9)14-11(16)13/h3-5H,6-7H2,1-2H3,(H2,13,14). The molecule has 1 aromatic heterocycles. The fourth-order valence-electron chi connectivity index (χ4n) is 1.67. The zero-order chi connectivity index (χ0) is 11.7. The molecule has 0 bridgehead atoms. The molecule has 86 valence electrons. The summed E-state index contributed by atoms with van der Waals surface area (Å²) in [6.45, 7) is 1.55. The summed E-state index contributed by atoms with van der Waals surface area (Å²) in [7, 11) is 3.96. The van der Waals surface area contributed by atoms with E-state index in [2.05, 4.69) is 4.98 Å². The number of hydrogen-bond donors (Lipinski definition) is 1. The number of nitrogens with two attached hydrogens (primary N) is 1. The maximum absolute atomic E-state index is 13.4. The van der Waals surface area contributed by atoms with Crippen molar-refractivity contribution in [2.24, 2.45) is 0 Å². The Kier molecular flexibility index (Phi) is 2.78. The van der Waals surface area contributed by atoms with Gasteiger partial charge in [0.1, 0.15) is 5.52 Å². The van der Waals surface area contributed by atoms with E-state index < -0.39 is 0 Å². The largest absolute Gasteiger partial charge is 0.369 e. The Morgan fingerprint density at radius 1 is 1.44 bits per heavy atom. The van der Waals surface area contributed by atoms with Gasteiger partial charge in [-0.1, -0.05) is 6.07 Å². The van der Waals surface area contributed by atoms with Crippen molar-refractivity contribution in [3.8, 4) is 0 Å². The average molecular weight is 222 g/mol. The molecule has 1 aromatic carbocycles. The topological polar surface area (TPSA) is 47.1 Å². The number of hydrogen-bond acceptors (Lipinski definition) is 3. The van der Waals surface area contributed by atoms with Crippen LogP contribution in [0.5, 0.6) is 0 Å². The van der Waals surface area contributed by atoms with E-state index in [0.29, 0.717) is 18.0 Å². The van der Waals surface area contributed by atoms with Crippen molar-refractivity contribution >= 4 is 17.0 Å². The molecule has 0 aliphatic rings. The van der Waals surface area contributed by atoms with Crippen LogP contribution in [0.4, 0.5) is 10.3 Å². The summed E-state index contributed by atoms with van der Waals surface area (Å²) < 4.78 is 15.3. The summed E-state index contributed by atoms with van der Waals surface area (Å²) >= 11 is 0. The Morgan fingerprint density at radius 2 is 2.19 bits per heavy atom. The fourth-order valence-corrected chi connectivity index (χ4v) is 1.67. The number of nitrogen functional groups attached to an aromatic ring is 1. The number of benzene rings is 1. The van der Waals surface area contributed by atoms with Crippen LogP contribution in [0.25, 0.3) is 11.0 Å². The monoisotopic (exact) mass is 222 g/mol. The Bertz CT molecular complexity index is 504. The van der Waals surface area contributed by atoms with E-state index in [9.17, 15) is 4.39 Å². The number of likely N-dealkylation sites (N-methyl/N-ethyl adjacent to an activating group) is 1. The van der Waals surface area contributed by atoms with Gasteiger partial charge in [-0.15, -0.1) is 0 Å². The minimum absolute atomic E-state index is 0.326. The minimum Gasteiger partial charge on any atom is -0.369 e. The average Bonchev–Trinajstić information content (AvgIpc) is 2.53. The van der Waals surface area contributed by atoms with Crippen molar-refractivity contribution in [3.05, 3.63) is 24.0 Å². The van der Waals surface area contributed by atoms with Crippen LogP contribution in [-0.4, -0.2) is 35.1 Å². The molecule has 16 heavy (non-hydrogen) atoms. The first kappa shape index (κ1) is 10.9. The molecule has 0 aliphatic heterocycles. The molecule has 0 saturated carbocycles. The Morgan fingerprint density at radius 3 is 2.88 bits per heavy atom. The maximum atomic E-state index is 13.4. The van der Waals surface area contributed by atoms with Crippen LogP contribution in [0.2, 0.25) is 0 Å². The number of para-hydroxylation sites is 1. The quantitative estimate of drug-likeness (QED) is 0.852. The number of fused-ring (bicyclic) bond motifs is 1. The number of halogens is 1. The molecule has 0 fully saturated rings. The molecular formula is C11H15FN4. The molecule has 0 unspecified atom stereocenters. The normalized spacial score (nSPS) is 11.5. The van der Waals surface area contributed by atoms with Crippen molar-refractivity contribution in [2.75, 3.05) is 26.4 Å². The highest BCUT2D eigenvalue weighted by molar-refractivity contribution is 5.78. The van der Waals surface area contributed by atoms with Crippen molar-refractivity contribution in [1.82, 2.24) is 14.5 Å². The van der Waals surface area contributed by atoms with E-state index in [-0.39, 0.29) is 5.82 Å².